The fourth-order valence-electron chi connectivity index (χ4n) is 10.5. The third-order valence-corrected chi connectivity index (χ3v) is 13.5. The number of rotatable bonds is 12. The van der Waals surface area contributed by atoms with Crippen LogP contribution in [0.1, 0.15) is 85.0 Å². The van der Waals surface area contributed by atoms with E-state index >= 15 is 0 Å². The summed E-state index contributed by atoms with van der Waals surface area (Å²) in [5.41, 5.74) is -0.229. The number of hydrogen-bond acceptors (Lipinski definition) is 8. The zero-order valence-electron chi connectivity index (χ0n) is 27.0. The first-order valence-electron chi connectivity index (χ1n) is 16.6. The maximum absolute atomic E-state index is 12.7. The molecule has 4 aliphatic carbocycles. The minimum absolute atomic E-state index is 0.0141. The number of amides is 1. The maximum Gasteiger partial charge on any atom is 0.220 e. The summed E-state index contributed by atoms with van der Waals surface area (Å²) in [6, 6.07) is 0. The summed E-state index contributed by atoms with van der Waals surface area (Å²) in [5, 5.41) is 46.5. The van der Waals surface area contributed by atoms with Gasteiger partial charge in [0.15, 0.2) is 0 Å². The predicted molar refractivity (Wildman–Crippen MR) is 162 cm³/mol. The van der Waals surface area contributed by atoms with Gasteiger partial charge in [0.1, 0.15) is 12.6 Å². The SMILES string of the molecule is C[C@H](CCC(=O)NCCC[N+](C)(C)CC(O)CS(=O)(=O)[O-])[C@H]1CCC2C3C(C[C@H](O)[C@@]21C)[C@@]1(C)CC[C@@H](O)C[C@H]1C[C@H]3O. The molecule has 0 radical (unpaired) electrons. The number of aliphatic hydroxyl groups is 4. The number of carbonyl (C=O) groups is 1. The van der Waals surface area contributed by atoms with Gasteiger partial charge in [-0.1, -0.05) is 20.8 Å². The highest BCUT2D eigenvalue weighted by molar-refractivity contribution is 7.85. The normalized spacial score (nSPS) is 41.1. The predicted octanol–water partition coefficient (Wildman–Crippen LogP) is 1.85. The van der Waals surface area contributed by atoms with E-state index in [2.05, 4.69) is 26.1 Å². The van der Waals surface area contributed by atoms with Crippen LogP contribution < -0.4 is 5.32 Å². The van der Waals surface area contributed by atoms with Gasteiger partial charge in [-0.2, -0.15) is 0 Å². The van der Waals surface area contributed by atoms with Crippen LogP contribution in [0.15, 0.2) is 0 Å². The third kappa shape index (κ3) is 7.60. The maximum atomic E-state index is 12.7. The molecule has 4 aliphatic rings. The number of nitrogens with one attached hydrogen (secondary N) is 1. The van der Waals surface area contributed by atoms with E-state index in [0.717, 1.165) is 44.9 Å². The van der Waals surface area contributed by atoms with E-state index < -0.39 is 34.2 Å². The molecule has 4 fully saturated rings. The fourth-order valence-corrected chi connectivity index (χ4v) is 11.0. The molecule has 1 amide bonds. The summed E-state index contributed by atoms with van der Waals surface area (Å²) in [6.45, 7) is 8.02. The number of likely N-dealkylation sites (N-methyl/N-ethyl adjacent to an activating group) is 1. The molecule has 4 saturated carbocycles. The molecule has 10 nitrogen and oxygen atoms in total. The van der Waals surface area contributed by atoms with Gasteiger partial charge in [-0.3, -0.25) is 4.79 Å². The van der Waals surface area contributed by atoms with Crippen molar-refractivity contribution in [2.24, 2.45) is 46.3 Å². The number of quaternary nitrogens is 1. The van der Waals surface area contributed by atoms with E-state index in [1.165, 1.54) is 0 Å². The molecule has 0 heterocycles. The molecule has 43 heavy (non-hydrogen) atoms. The van der Waals surface area contributed by atoms with Crippen LogP contribution in [0.4, 0.5) is 0 Å². The van der Waals surface area contributed by atoms with Gasteiger partial charge in [0.05, 0.1) is 54.8 Å². The monoisotopic (exact) mass is 630 g/mol. The minimum atomic E-state index is -4.48. The lowest BCUT2D eigenvalue weighted by Gasteiger charge is -2.63. The first kappa shape index (κ1) is 35.0. The summed E-state index contributed by atoms with van der Waals surface area (Å²) in [6.07, 6.45) is 5.44. The number of hydrogen-bond donors (Lipinski definition) is 5. The standard InChI is InChI=1S/C32H58N2O8S/c1-20(7-10-29(39)33-13-6-14-34(4,5)18-23(36)19-43(40,41)42)24-8-9-25-30-26(17-28(38)32(24,25)3)31(2)12-11-22(35)15-21(31)16-27(30)37/h20-28,30,35-38H,6-19H2,1-5H3,(H-,33,39,40,41,42)/t20-,21+,22-,23?,24-,25?,26?,27-,28+,30?,31+,32-/m1/s1. The summed E-state index contributed by atoms with van der Waals surface area (Å²) < 4.78 is 33.0. The molecule has 0 aromatic carbocycles. The van der Waals surface area contributed by atoms with Crippen molar-refractivity contribution in [2.75, 3.05) is 39.5 Å². The van der Waals surface area contributed by atoms with Crippen LogP contribution in [0.3, 0.4) is 0 Å². The highest BCUT2D eigenvalue weighted by Gasteiger charge is 2.65. The van der Waals surface area contributed by atoms with Crippen molar-refractivity contribution in [2.45, 2.75) is 109 Å². The van der Waals surface area contributed by atoms with Crippen LogP contribution in [0.2, 0.25) is 0 Å². The number of aliphatic hydroxyl groups excluding tert-OH is 4. The largest absolute Gasteiger partial charge is 0.748 e. The topological polar surface area (TPSA) is 167 Å². The summed E-state index contributed by atoms with van der Waals surface area (Å²) in [5.74, 6) is 0.749. The molecular formula is C32H58N2O8S. The van der Waals surface area contributed by atoms with Crippen molar-refractivity contribution < 1.29 is 42.7 Å². The molecule has 0 aromatic heterocycles. The van der Waals surface area contributed by atoms with Gasteiger partial charge in [0.25, 0.3) is 0 Å². The van der Waals surface area contributed by atoms with Crippen LogP contribution in [0, 0.1) is 46.3 Å². The van der Waals surface area contributed by atoms with Gasteiger partial charge in [-0.15, -0.1) is 0 Å². The molecule has 0 saturated heterocycles. The van der Waals surface area contributed by atoms with Crippen LogP contribution in [0.5, 0.6) is 0 Å². The number of nitrogens with zero attached hydrogens (tertiary/aromatic N) is 1. The van der Waals surface area contributed by atoms with E-state index in [4.69, 9.17) is 0 Å². The van der Waals surface area contributed by atoms with E-state index in [-0.39, 0.29) is 59.0 Å². The average Bonchev–Trinajstić information content (AvgIpc) is 3.24. The Bertz CT molecular complexity index is 1090. The average molecular weight is 631 g/mol. The van der Waals surface area contributed by atoms with Gasteiger partial charge in [-0.25, -0.2) is 8.42 Å². The molecule has 11 heteroatoms. The lowest BCUT2D eigenvalue weighted by molar-refractivity contribution is -0.893. The Hall–Kier alpha value is -0.820. The highest BCUT2D eigenvalue weighted by atomic mass is 32.2. The molecule has 0 aliphatic heterocycles. The van der Waals surface area contributed by atoms with Crippen molar-refractivity contribution >= 4 is 16.0 Å². The quantitative estimate of drug-likeness (QED) is 0.124. The molecular weight excluding hydrogens is 572 g/mol. The summed E-state index contributed by atoms with van der Waals surface area (Å²) in [7, 11) is -0.775. The van der Waals surface area contributed by atoms with Crippen molar-refractivity contribution in [3.05, 3.63) is 0 Å². The van der Waals surface area contributed by atoms with Gasteiger partial charge in [0, 0.05) is 19.4 Å². The summed E-state index contributed by atoms with van der Waals surface area (Å²) in [4.78, 5) is 12.7. The summed E-state index contributed by atoms with van der Waals surface area (Å²) >= 11 is 0. The second-order valence-corrected chi connectivity index (χ2v) is 17.4. The van der Waals surface area contributed by atoms with Crippen molar-refractivity contribution in [1.29, 1.82) is 0 Å². The van der Waals surface area contributed by atoms with E-state index in [9.17, 15) is 38.2 Å². The Kier molecular flexibility index (Phi) is 10.7. The van der Waals surface area contributed by atoms with Crippen molar-refractivity contribution in [3.8, 4) is 0 Å². The Labute approximate surface area is 259 Å². The molecule has 4 rings (SSSR count). The molecule has 250 valence electrons. The second-order valence-electron chi connectivity index (χ2n) is 16.0. The highest BCUT2D eigenvalue weighted by Crippen LogP contribution is 2.68. The van der Waals surface area contributed by atoms with E-state index in [1.807, 2.05) is 14.1 Å². The van der Waals surface area contributed by atoms with Crippen LogP contribution in [-0.2, 0) is 14.9 Å². The van der Waals surface area contributed by atoms with E-state index in [0.29, 0.717) is 42.8 Å². The second kappa shape index (κ2) is 13.1. The lowest BCUT2D eigenvalue weighted by Crippen LogP contribution is -2.62. The van der Waals surface area contributed by atoms with Crippen LogP contribution in [0.25, 0.3) is 0 Å². The molecule has 4 unspecified atom stereocenters. The first-order chi connectivity index (χ1) is 19.9. The van der Waals surface area contributed by atoms with Gasteiger partial charge in [-0.05, 0) is 97.7 Å². The Balaban J connectivity index is 1.27. The van der Waals surface area contributed by atoms with Crippen LogP contribution >= 0.6 is 0 Å². The molecule has 12 atom stereocenters. The first-order valence-corrected chi connectivity index (χ1v) is 18.2. The Morgan fingerprint density at radius 3 is 2.44 bits per heavy atom. The van der Waals surface area contributed by atoms with E-state index in [1.54, 1.807) is 0 Å². The zero-order chi connectivity index (χ0) is 32.0. The van der Waals surface area contributed by atoms with Gasteiger partial charge in [0.2, 0.25) is 5.91 Å². The number of fused-ring (bicyclic) bond motifs is 5. The Morgan fingerprint density at radius 2 is 1.77 bits per heavy atom. The fraction of sp³-hybridized carbons (Fsp3) is 0.969. The van der Waals surface area contributed by atoms with Crippen molar-refractivity contribution in [1.82, 2.24) is 5.32 Å². The zero-order valence-corrected chi connectivity index (χ0v) is 27.8. The van der Waals surface area contributed by atoms with Gasteiger partial charge < -0.3 is 34.8 Å². The molecule has 0 bridgehead atoms. The lowest BCUT2D eigenvalue weighted by atomic mass is 9.43. The smallest absolute Gasteiger partial charge is 0.220 e. The Morgan fingerprint density at radius 1 is 1.07 bits per heavy atom. The molecule has 5 N–H and O–H groups in total. The number of carbonyl (C=O) groups excluding carboxylic acids is 1. The molecule has 0 spiro atoms. The van der Waals surface area contributed by atoms with Gasteiger partial charge >= 0.3 is 0 Å². The van der Waals surface area contributed by atoms with Crippen LogP contribution in [-0.4, -0.2) is 108 Å². The minimum Gasteiger partial charge on any atom is -0.748 e. The third-order valence-electron chi connectivity index (χ3n) is 12.7. The van der Waals surface area contributed by atoms with Crippen molar-refractivity contribution in [3.63, 3.8) is 0 Å². The molecule has 0 aromatic rings.